The topological polar surface area (TPSA) is 81.9 Å². The Bertz CT molecular complexity index is 783. The smallest absolute Gasteiger partial charge is 0.416 e. The Kier molecular flexibility index (Phi) is 6.15. The van der Waals surface area contributed by atoms with Gasteiger partial charge in [0.15, 0.2) is 6.04 Å². The van der Waals surface area contributed by atoms with Gasteiger partial charge in [-0.15, -0.1) is 0 Å². The molecule has 1 fully saturated rings. The molecular weight excluding hydrogens is 395 g/mol. The van der Waals surface area contributed by atoms with E-state index in [1.807, 2.05) is 0 Å². The molecule has 1 aromatic rings. The average Bonchev–Trinajstić information content (AvgIpc) is 3.31. The van der Waals surface area contributed by atoms with Crippen LogP contribution < -0.4 is 4.90 Å². The van der Waals surface area contributed by atoms with E-state index in [0.717, 1.165) is 30.2 Å². The quantitative estimate of drug-likeness (QED) is 0.305. The predicted molar refractivity (Wildman–Crippen MR) is 94.9 cm³/mol. The first-order valence-corrected chi connectivity index (χ1v) is 8.83. The van der Waals surface area contributed by atoms with Crippen molar-refractivity contribution in [1.29, 1.82) is 0 Å². The maximum atomic E-state index is 13.1. The zero-order valence-electron chi connectivity index (χ0n) is 16.6. The number of carbonyl (C=O) groups is 3. The van der Waals surface area contributed by atoms with Crippen molar-refractivity contribution in [3.8, 4) is 0 Å². The number of benzene rings is 1. The van der Waals surface area contributed by atoms with Crippen LogP contribution in [0.4, 0.5) is 18.9 Å². The lowest BCUT2D eigenvalue weighted by molar-refractivity contribution is -0.165. The van der Waals surface area contributed by atoms with Gasteiger partial charge < -0.3 is 19.1 Å². The minimum atomic E-state index is -4.66. The normalized spacial score (nSPS) is 17.9. The number of alkyl halides is 3. The van der Waals surface area contributed by atoms with Crippen molar-refractivity contribution in [2.45, 2.75) is 57.7 Å². The number of rotatable bonds is 6. The number of hydrogen-bond donors (Lipinski definition) is 0. The van der Waals surface area contributed by atoms with Gasteiger partial charge in [0.25, 0.3) is 5.54 Å². The van der Waals surface area contributed by atoms with Crippen LogP contribution in [0.3, 0.4) is 0 Å². The average molecular weight is 417 g/mol. The van der Waals surface area contributed by atoms with E-state index in [1.165, 1.54) is 33.8 Å². The van der Waals surface area contributed by atoms with Gasteiger partial charge in [0.2, 0.25) is 0 Å². The van der Waals surface area contributed by atoms with Gasteiger partial charge in [-0.2, -0.15) is 13.2 Å². The molecule has 1 heterocycles. The molecule has 0 saturated carbocycles. The van der Waals surface area contributed by atoms with E-state index < -0.39 is 53.4 Å². The van der Waals surface area contributed by atoms with E-state index in [-0.39, 0.29) is 5.69 Å². The monoisotopic (exact) mass is 417 g/mol. The number of carbonyl (C=O) groups excluding carboxylic acids is 3. The molecule has 0 radical (unpaired) electrons. The van der Waals surface area contributed by atoms with Crippen molar-refractivity contribution in [3.05, 3.63) is 29.8 Å². The van der Waals surface area contributed by atoms with E-state index in [2.05, 4.69) is 4.74 Å². The highest BCUT2D eigenvalue weighted by Crippen LogP contribution is 2.49. The van der Waals surface area contributed by atoms with Gasteiger partial charge in [-0.25, -0.2) is 14.4 Å². The fourth-order valence-electron chi connectivity index (χ4n) is 2.98. The van der Waals surface area contributed by atoms with Crippen LogP contribution in [-0.2, 0) is 34.8 Å². The molecule has 29 heavy (non-hydrogen) atoms. The van der Waals surface area contributed by atoms with Gasteiger partial charge in [-0.1, -0.05) is 6.07 Å². The van der Waals surface area contributed by atoms with Gasteiger partial charge in [-0.3, -0.25) is 0 Å². The molecule has 2 rings (SSSR count). The summed E-state index contributed by atoms with van der Waals surface area (Å²) in [5.41, 5.74) is -3.45. The summed E-state index contributed by atoms with van der Waals surface area (Å²) in [4.78, 5) is 39.0. The third kappa shape index (κ3) is 4.15. The van der Waals surface area contributed by atoms with Crippen LogP contribution in [0, 0.1) is 0 Å². The van der Waals surface area contributed by atoms with Crippen LogP contribution in [-0.4, -0.2) is 48.8 Å². The molecule has 1 saturated heterocycles. The highest BCUT2D eigenvalue weighted by atomic mass is 19.4. The second-order valence-electron chi connectivity index (χ2n) is 7.02. The van der Waals surface area contributed by atoms with Crippen LogP contribution >= 0.6 is 0 Å². The van der Waals surface area contributed by atoms with Crippen molar-refractivity contribution in [2.75, 3.05) is 12.0 Å². The van der Waals surface area contributed by atoms with Crippen molar-refractivity contribution in [1.82, 2.24) is 0 Å². The largest absolute Gasteiger partial charge is 0.467 e. The van der Waals surface area contributed by atoms with Crippen LogP contribution in [0.5, 0.6) is 0 Å². The summed E-state index contributed by atoms with van der Waals surface area (Å²) in [6.07, 6.45) is -5.95. The molecule has 1 atom stereocenters. The summed E-state index contributed by atoms with van der Waals surface area (Å²) in [5, 5.41) is 0. The summed E-state index contributed by atoms with van der Waals surface area (Å²) in [6.45, 7) is 6.13. The Morgan fingerprint density at radius 1 is 1.03 bits per heavy atom. The first-order chi connectivity index (χ1) is 13.4. The molecule has 0 bridgehead atoms. The van der Waals surface area contributed by atoms with Gasteiger partial charge in [-0.05, 0) is 45.9 Å². The third-order valence-corrected chi connectivity index (χ3v) is 4.15. The number of methoxy groups -OCH3 is 1. The van der Waals surface area contributed by atoms with E-state index in [4.69, 9.17) is 9.47 Å². The van der Waals surface area contributed by atoms with Crippen molar-refractivity contribution in [2.24, 2.45) is 0 Å². The Morgan fingerprint density at radius 2 is 1.55 bits per heavy atom. The van der Waals surface area contributed by atoms with Crippen LogP contribution in [0.1, 0.15) is 33.3 Å². The Balaban J connectivity index is 2.62. The van der Waals surface area contributed by atoms with E-state index in [1.54, 1.807) is 0 Å². The van der Waals surface area contributed by atoms with E-state index in [9.17, 15) is 27.6 Å². The van der Waals surface area contributed by atoms with Gasteiger partial charge in [0.05, 0.1) is 24.9 Å². The first kappa shape index (κ1) is 22.5. The van der Waals surface area contributed by atoms with Crippen LogP contribution in [0.15, 0.2) is 24.3 Å². The highest BCUT2D eigenvalue weighted by Gasteiger charge is 2.80. The standard InChI is InChI=1S/C19H22F3NO6/c1-10(2)28-16(25)18(17(26)29-11(3)4)14(15(24)27-5)23(18)13-8-6-7-12(9-13)19(20,21)22/h6-11,14H,1-5H3. The fraction of sp³-hybridized carbons (Fsp3) is 0.526. The summed E-state index contributed by atoms with van der Waals surface area (Å²) in [7, 11) is 1.04. The fourth-order valence-corrected chi connectivity index (χ4v) is 2.98. The summed E-state index contributed by atoms with van der Waals surface area (Å²) < 4.78 is 54.4. The van der Waals surface area contributed by atoms with Gasteiger partial charge in [0, 0.05) is 5.69 Å². The summed E-state index contributed by atoms with van der Waals surface area (Å²) in [5.74, 6) is -3.19. The predicted octanol–water partition coefficient (Wildman–Crippen LogP) is 2.71. The van der Waals surface area contributed by atoms with Crippen molar-refractivity contribution in [3.63, 3.8) is 0 Å². The maximum Gasteiger partial charge on any atom is 0.416 e. The second kappa shape index (κ2) is 7.92. The van der Waals surface area contributed by atoms with Crippen LogP contribution in [0.2, 0.25) is 0 Å². The molecule has 1 unspecified atom stereocenters. The minimum Gasteiger partial charge on any atom is -0.467 e. The summed E-state index contributed by atoms with van der Waals surface area (Å²) >= 11 is 0. The van der Waals surface area contributed by atoms with Crippen LogP contribution in [0.25, 0.3) is 0 Å². The Labute approximate surface area is 165 Å². The van der Waals surface area contributed by atoms with Gasteiger partial charge in [0.1, 0.15) is 0 Å². The molecule has 0 amide bonds. The number of anilines is 1. The number of nitrogens with zero attached hydrogens (tertiary/aromatic N) is 1. The lowest BCUT2D eigenvalue weighted by Gasteiger charge is -2.19. The minimum absolute atomic E-state index is 0.170. The Morgan fingerprint density at radius 3 is 1.97 bits per heavy atom. The molecule has 1 aliphatic rings. The Hall–Kier alpha value is -2.78. The summed E-state index contributed by atoms with van der Waals surface area (Å²) in [6, 6.07) is 2.41. The maximum absolute atomic E-state index is 13.1. The van der Waals surface area contributed by atoms with Crippen molar-refractivity contribution >= 4 is 23.6 Å². The number of hydrogen-bond acceptors (Lipinski definition) is 7. The SMILES string of the molecule is COC(=O)C1N(c2cccc(C(F)(F)F)c2)C1(C(=O)OC(C)C)C(=O)OC(C)C. The van der Waals surface area contributed by atoms with E-state index in [0.29, 0.717) is 0 Å². The number of esters is 3. The molecule has 10 heteroatoms. The molecule has 0 aromatic heterocycles. The lowest BCUT2D eigenvalue weighted by atomic mass is 10.1. The molecule has 0 N–H and O–H groups in total. The highest BCUT2D eigenvalue weighted by molar-refractivity contribution is 6.21. The third-order valence-electron chi connectivity index (χ3n) is 4.15. The number of halogens is 3. The molecule has 0 aliphatic carbocycles. The first-order valence-electron chi connectivity index (χ1n) is 8.83. The molecule has 0 spiro atoms. The second-order valence-corrected chi connectivity index (χ2v) is 7.02. The van der Waals surface area contributed by atoms with E-state index >= 15 is 0 Å². The lowest BCUT2D eigenvalue weighted by Crippen LogP contribution is -2.45. The molecule has 160 valence electrons. The van der Waals surface area contributed by atoms with Crippen molar-refractivity contribution < 1.29 is 41.8 Å². The molecule has 1 aliphatic heterocycles. The molecule has 7 nitrogen and oxygen atoms in total. The zero-order valence-corrected chi connectivity index (χ0v) is 16.6. The molecular formula is C19H22F3NO6. The zero-order chi connectivity index (χ0) is 22.1. The van der Waals surface area contributed by atoms with Gasteiger partial charge >= 0.3 is 24.1 Å². The molecule has 1 aromatic carbocycles. The number of ether oxygens (including phenoxy) is 3.